The first-order chi connectivity index (χ1) is 14.7. The van der Waals surface area contributed by atoms with E-state index in [9.17, 15) is 14.4 Å². The van der Waals surface area contributed by atoms with E-state index >= 15 is 0 Å². The van der Waals surface area contributed by atoms with Crippen LogP contribution in [0.15, 0.2) is 40.9 Å². The summed E-state index contributed by atoms with van der Waals surface area (Å²) in [7, 11) is 1.27. The SMILES string of the molecule is COC(=O)C1C[C@@H](c2ncc(-c3ccccc3)o2)CN1C(=O)CNC(=O)OC(C)(C)C. The zero-order chi connectivity index (χ0) is 22.6. The van der Waals surface area contributed by atoms with Crippen molar-refractivity contribution in [3.63, 3.8) is 0 Å². The molecule has 1 fully saturated rings. The maximum Gasteiger partial charge on any atom is 0.408 e. The molecule has 0 spiro atoms. The summed E-state index contributed by atoms with van der Waals surface area (Å²) in [5.41, 5.74) is 0.209. The second kappa shape index (κ2) is 9.20. The Labute approximate surface area is 180 Å². The van der Waals surface area contributed by atoms with Crippen molar-refractivity contribution in [2.45, 2.75) is 44.8 Å². The number of nitrogens with one attached hydrogen (secondary N) is 1. The van der Waals surface area contributed by atoms with Crippen LogP contribution in [-0.4, -0.2) is 59.7 Å². The summed E-state index contributed by atoms with van der Waals surface area (Å²) < 4.78 is 15.9. The molecule has 0 saturated carbocycles. The number of benzene rings is 1. The number of amides is 2. The van der Waals surface area contributed by atoms with Gasteiger partial charge >= 0.3 is 12.1 Å². The van der Waals surface area contributed by atoms with Crippen molar-refractivity contribution in [2.75, 3.05) is 20.2 Å². The minimum atomic E-state index is -0.782. The number of alkyl carbamates (subject to hydrolysis) is 1. The molecule has 1 unspecified atom stereocenters. The molecule has 0 bridgehead atoms. The summed E-state index contributed by atoms with van der Waals surface area (Å²) in [5, 5.41) is 2.43. The van der Waals surface area contributed by atoms with E-state index in [0.717, 1.165) is 5.56 Å². The van der Waals surface area contributed by atoms with Crippen molar-refractivity contribution >= 4 is 18.0 Å². The Hall–Kier alpha value is -3.36. The minimum absolute atomic E-state index is 0.226. The standard InChI is InChI=1S/C22H27N3O6/c1-22(2,3)31-21(28)24-12-18(26)25-13-15(10-16(25)20(27)29-4)19-23-11-17(30-19)14-8-6-5-7-9-14/h5-9,11,15-16H,10,12-13H2,1-4H3,(H,24,28)/t15-,16?/m1/s1. The smallest absolute Gasteiger partial charge is 0.408 e. The van der Waals surface area contributed by atoms with Crippen LogP contribution < -0.4 is 5.32 Å². The van der Waals surface area contributed by atoms with Crippen LogP contribution in [0.25, 0.3) is 11.3 Å². The summed E-state index contributed by atoms with van der Waals surface area (Å²) in [4.78, 5) is 42.6. The van der Waals surface area contributed by atoms with Gasteiger partial charge < -0.3 is 24.1 Å². The number of oxazole rings is 1. The number of hydrogen-bond donors (Lipinski definition) is 1. The number of ether oxygens (including phenoxy) is 2. The molecule has 9 nitrogen and oxygen atoms in total. The van der Waals surface area contributed by atoms with Crippen molar-refractivity contribution in [1.82, 2.24) is 15.2 Å². The van der Waals surface area contributed by atoms with E-state index in [1.807, 2.05) is 30.3 Å². The Morgan fingerprint density at radius 2 is 1.94 bits per heavy atom. The number of rotatable bonds is 5. The average molecular weight is 429 g/mol. The molecule has 1 saturated heterocycles. The fourth-order valence-corrected chi connectivity index (χ4v) is 3.43. The van der Waals surface area contributed by atoms with Crippen molar-refractivity contribution in [1.29, 1.82) is 0 Å². The fraction of sp³-hybridized carbons (Fsp3) is 0.455. The number of esters is 1. The second-order valence-electron chi connectivity index (χ2n) is 8.30. The van der Waals surface area contributed by atoms with Gasteiger partial charge in [-0.1, -0.05) is 30.3 Å². The van der Waals surface area contributed by atoms with Gasteiger partial charge in [-0.25, -0.2) is 14.6 Å². The zero-order valence-corrected chi connectivity index (χ0v) is 18.1. The highest BCUT2D eigenvalue weighted by Crippen LogP contribution is 2.33. The van der Waals surface area contributed by atoms with Gasteiger partial charge in [0.05, 0.1) is 19.2 Å². The van der Waals surface area contributed by atoms with Crippen LogP contribution in [0.4, 0.5) is 4.79 Å². The molecule has 0 aliphatic carbocycles. The molecule has 1 aromatic carbocycles. The van der Waals surface area contributed by atoms with Gasteiger partial charge in [-0.05, 0) is 27.2 Å². The lowest BCUT2D eigenvalue weighted by Gasteiger charge is -2.23. The van der Waals surface area contributed by atoms with Gasteiger partial charge in [0.15, 0.2) is 11.7 Å². The maximum atomic E-state index is 12.7. The quantitative estimate of drug-likeness (QED) is 0.728. The molecular weight excluding hydrogens is 402 g/mol. The van der Waals surface area contributed by atoms with Gasteiger partial charge in [-0.15, -0.1) is 0 Å². The molecule has 2 heterocycles. The molecule has 2 amide bonds. The highest BCUT2D eigenvalue weighted by Gasteiger charge is 2.42. The first-order valence-electron chi connectivity index (χ1n) is 10.0. The molecule has 3 rings (SSSR count). The Bertz CT molecular complexity index is 934. The Kier molecular flexibility index (Phi) is 6.62. The molecule has 2 aromatic rings. The molecule has 1 aliphatic rings. The molecular formula is C22H27N3O6. The zero-order valence-electron chi connectivity index (χ0n) is 18.1. The Balaban J connectivity index is 1.69. The van der Waals surface area contributed by atoms with E-state index in [0.29, 0.717) is 18.1 Å². The predicted octanol–water partition coefficient (Wildman–Crippen LogP) is 2.72. The van der Waals surface area contributed by atoms with Crippen LogP contribution in [0.2, 0.25) is 0 Å². The van der Waals surface area contributed by atoms with Crippen LogP contribution >= 0.6 is 0 Å². The lowest BCUT2D eigenvalue weighted by atomic mass is 10.1. The van der Waals surface area contributed by atoms with Gasteiger partial charge in [0.2, 0.25) is 5.91 Å². The molecule has 1 aromatic heterocycles. The summed E-state index contributed by atoms with van der Waals surface area (Å²) in [5.74, 6) is -0.154. The van der Waals surface area contributed by atoms with Crippen molar-refractivity contribution in [3.8, 4) is 11.3 Å². The highest BCUT2D eigenvalue weighted by molar-refractivity contribution is 5.88. The van der Waals surface area contributed by atoms with Crippen LogP contribution in [0.5, 0.6) is 0 Å². The molecule has 1 N–H and O–H groups in total. The molecule has 31 heavy (non-hydrogen) atoms. The lowest BCUT2D eigenvalue weighted by molar-refractivity contribution is -0.150. The number of carbonyl (C=O) groups excluding carboxylic acids is 3. The average Bonchev–Trinajstić information content (AvgIpc) is 3.38. The predicted molar refractivity (Wildman–Crippen MR) is 111 cm³/mol. The van der Waals surface area contributed by atoms with Crippen LogP contribution in [0, 0.1) is 0 Å². The molecule has 166 valence electrons. The number of methoxy groups -OCH3 is 1. The van der Waals surface area contributed by atoms with Crippen LogP contribution in [0.3, 0.4) is 0 Å². The van der Waals surface area contributed by atoms with Gasteiger partial charge in [-0.3, -0.25) is 4.79 Å². The van der Waals surface area contributed by atoms with E-state index in [2.05, 4.69) is 10.3 Å². The van der Waals surface area contributed by atoms with E-state index in [4.69, 9.17) is 13.9 Å². The van der Waals surface area contributed by atoms with Crippen LogP contribution in [-0.2, 0) is 19.1 Å². The third-order valence-electron chi connectivity index (χ3n) is 4.81. The van der Waals surface area contributed by atoms with E-state index < -0.39 is 29.6 Å². The number of carbonyl (C=O) groups is 3. The molecule has 1 aliphatic heterocycles. The third kappa shape index (κ3) is 5.62. The Morgan fingerprint density at radius 1 is 1.23 bits per heavy atom. The Morgan fingerprint density at radius 3 is 2.58 bits per heavy atom. The van der Waals surface area contributed by atoms with E-state index in [-0.39, 0.29) is 19.0 Å². The fourth-order valence-electron chi connectivity index (χ4n) is 3.43. The van der Waals surface area contributed by atoms with Crippen molar-refractivity contribution in [3.05, 3.63) is 42.4 Å². The highest BCUT2D eigenvalue weighted by atomic mass is 16.6. The first-order valence-corrected chi connectivity index (χ1v) is 10.0. The summed E-state index contributed by atoms with van der Waals surface area (Å²) in [6.45, 7) is 5.12. The number of likely N-dealkylation sites (tertiary alicyclic amines) is 1. The minimum Gasteiger partial charge on any atom is -0.467 e. The third-order valence-corrected chi connectivity index (χ3v) is 4.81. The number of nitrogens with zero attached hydrogens (tertiary/aromatic N) is 2. The maximum absolute atomic E-state index is 12.7. The molecule has 9 heteroatoms. The van der Waals surface area contributed by atoms with Crippen molar-refractivity contribution < 1.29 is 28.3 Å². The van der Waals surface area contributed by atoms with Crippen molar-refractivity contribution in [2.24, 2.45) is 0 Å². The normalized spacial score (nSPS) is 18.5. The first kappa shape index (κ1) is 22.3. The van der Waals surface area contributed by atoms with Gasteiger partial charge in [0, 0.05) is 12.1 Å². The summed E-state index contributed by atoms with van der Waals surface area (Å²) in [6, 6.07) is 8.75. The molecule has 0 radical (unpaired) electrons. The molecule has 2 atom stereocenters. The van der Waals surface area contributed by atoms with E-state index in [1.165, 1.54) is 12.0 Å². The number of hydrogen-bond acceptors (Lipinski definition) is 7. The largest absolute Gasteiger partial charge is 0.467 e. The second-order valence-corrected chi connectivity index (χ2v) is 8.30. The van der Waals surface area contributed by atoms with E-state index in [1.54, 1.807) is 27.0 Å². The van der Waals surface area contributed by atoms with Gasteiger partial charge in [0.25, 0.3) is 0 Å². The van der Waals surface area contributed by atoms with Crippen LogP contribution in [0.1, 0.15) is 39.0 Å². The van der Waals surface area contributed by atoms with Gasteiger partial charge in [0.1, 0.15) is 18.2 Å². The number of aromatic nitrogens is 1. The summed E-state index contributed by atoms with van der Waals surface area (Å²) >= 11 is 0. The lowest BCUT2D eigenvalue weighted by Crippen LogP contribution is -2.46. The van der Waals surface area contributed by atoms with Gasteiger partial charge in [-0.2, -0.15) is 0 Å². The topological polar surface area (TPSA) is 111 Å². The summed E-state index contributed by atoms with van der Waals surface area (Å²) in [6.07, 6.45) is 1.25. The monoisotopic (exact) mass is 429 g/mol.